The minimum Gasteiger partial charge on any atom is -0.483 e. The predicted octanol–water partition coefficient (Wildman–Crippen LogP) is -0.278. The number of amides is 2. The zero-order valence-electron chi connectivity index (χ0n) is 7.90. The number of carbonyl (C=O) groups is 2. The van der Waals surface area contributed by atoms with Gasteiger partial charge in [0.15, 0.2) is 6.61 Å². The normalized spacial score (nSPS) is 19.5. The van der Waals surface area contributed by atoms with Crippen LogP contribution in [0, 0.1) is 0 Å². The van der Waals surface area contributed by atoms with Crippen molar-refractivity contribution in [3.8, 4) is 5.75 Å². The molecule has 0 saturated heterocycles. The number of ether oxygens (including phenoxy) is 1. The van der Waals surface area contributed by atoms with Crippen molar-refractivity contribution in [2.24, 2.45) is 5.73 Å². The van der Waals surface area contributed by atoms with E-state index in [1.54, 1.807) is 24.3 Å². The van der Waals surface area contributed by atoms with E-state index in [1.165, 1.54) is 0 Å². The van der Waals surface area contributed by atoms with E-state index in [-0.39, 0.29) is 12.5 Å². The third-order valence-corrected chi connectivity index (χ3v) is 2.18. The van der Waals surface area contributed by atoms with Gasteiger partial charge < -0.3 is 15.8 Å². The second-order valence-electron chi connectivity index (χ2n) is 3.23. The average Bonchev–Trinajstić information content (AvgIpc) is 2.39. The van der Waals surface area contributed by atoms with Crippen LogP contribution in [0.4, 0.5) is 0 Å². The van der Waals surface area contributed by atoms with E-state index in [0.717, 1.165) is 0 Å². The molecule has 1 aromatic rings. The molecule has 15 heavy (non-hydrogen) atoms. The maximum atomic E-state index is 11.2. The Morgan fingerprint density at radius 3 is 2.93 bits per heavy atom. The SMILES string of the molecule is NC(=O)C1NC(=O)COc2ccccc21. The molecule has 3 N–H and O–H groups in total. The lowest BCUT2D eigenvalue weighted by molar-refractivity contribution is -0.128. The molecule has 0 aromatic heterocycles. The molecular formula is C10H10N2O3. The van der Waals surface area contributed by atoms with Gasteiger partial charge in [-0.05, 0) is 6.07 Å². The second-order valence-corrected chi connectivity index (χ2v) is 3.23. The lowest BCUT2D eigenvalue weighted by Crippen LogP contribution is -2.37. The Balaban J connectivity index is 2.46. The zero-order valence-corrected chi connectivity index (χ0v) is 7.90. The highest BCUT2D eigenvalue weighted by Gasteiger charge is 2.26. The summed E-state index contributed by atoms with van der Waals surface area (Å²) in [5.74, 6) is -0.434. The van der Waals surface area contributed by atoms with Gasteiger partial charge in [-0.25, -0.2) is 0 Å². The molecular weight excluding hydrogens is 196 g/mol. The maximum Gasteiger partial charge on any atom is 0.258 e. The van der Waals surface area contributed by atoms with Gasteiger partial charge in [0.2, 0.25) is 5.91 Å². The molecule has 1 aliphatic heterocycles. The van der Waals surface area contributed by atoms with Crippen molar-refractivity contribution in [2.75, 3.05) is 6.61 Å². The van der Waals surface area contributed by atoms with E-state index >= 15 is 0 Å². The first-order chi connectivity index (χ1) is 7.18. The van der Waals surface area contributed by atoms with Crippen LogP contribution in [0.3, 0.4) is 0 Å². The molecule has 1 unspecified atom stereocenters. The molecule has 1 aromatic carbocycles. The molecule has 0 radical (unpaired) electrons. The largest absolute Gasteiger partial charge is 0.483 e. The molecule has 78 valence electrons. The van der Waals surface area contributed by atoms with Crippen LogP contribution in [0.15, 0.2) is 24.3 Å². The van der Waals surface area contributed by atoms with Crippen LogP contribution in [-0.2, 0) is 9.59 Å². The van der Waals surface area contributed by atoms with Crippen LogP contribution in [0.25, 0.3) is 0 Å². The molecule has 2 amide bonds. The van der Waals surface area contributed by atoms with E-state index in [2.05, 4.69) is 5.32 Å². The molecule has 1 aliphatic rings. The van der Waals surface area contributed by atoms with Crippen molar-refractivity contribution >= 4 is 11.8 Å². The third kappa shape index (κ3) is 1.76. The zero-order chi connectivity index (χ0) is 10.8. The monoisotopic (exact) mass is 206 g/mol. The lowest BCUT2D eigenvalue weighted by Gasteiger charge is -2.12. The van der Waals surface area contributed by atoms with Crippen LogP contribution >= 0.6 is 0 Å². The fraction of sp³-hybridized carbons (Fsp3) is 0.200. The number of nitrogens with two attached hydrogens (primary N) is 1. The van der Waals surface area contributed by atoms with Crippen molar-refractivity contribution < 1.29 is 14.3 Å². The van der Waals surface area contributed by atoms with Gasteiger partial charge >= 0.3 is 0 Å². The van der Waals surface area contributed by atoms with Gasteiger partial charge in [-0.1, -0.05) is 18.2 Å². The van der Waals surface area contributed by atoms with Gasteiger partial charge in [0.1, 0.15) is 11.8 Å². The molecule has 0 bridgehead atoms. The fourth-order valence-corrected chi connectivity index (χ4v) is 1.50. The number of hydrogen-bond acceptors (Lipinski definition) is 3. The Labute approximate surface area is 86.2 Å². The van der Waals surface area contributed by atoms with Gasteiger partial charge in [0.25, 0.3) is 5.91 Å². The Morgan fingerprint density at radius 1 is 1.47 bits per heavy atom. The lowest BCUT2D eigenvalue weighted by atomic mass is 10.1. The molecule has 0 saturated carbocycles. The smallest absolute Gasteiger partial charge is 0.258 e. The van der Waals surface area contributed by atoms with Gasteiger partial charge in [-0.15, -0.1) is 0 Å². The highest BCUT2D eigenvalue weighted by Crippen LogP contribution is 2.26. The van der Waals surface area contributed by atoms with Crippen molar-refractivity contribution in [2.45, 2.75) is 6.04 Å². The van der Waals surface area contributed by atoms with Crippen molar-refractivity contribution in [1.29, 1.82) is 0 Å². The molecule has 0 fully saturated rings. The number of para-hydroxylation sites is 1. The summed E-state index contributed by atoms with van der Waals surface area (Å²) in [6.07, 6.45) is 0. The summed E-state index contributed by atoms with van der Waals surface area (Å²) < 4.78 is 5.22. The Hall–Kier alpha value is -2.04. The summed E-state index contributed by atoms with van der Waals surface area (Å²) in [4.78, 5) is 22.4. The molecule has 1 atom stereocenters. The predicted molar refractivity (Wildman–Crippen MR) is 52.0 cm³/mol. The van der Waals surface area contributed by atoms with Crippen molar-refractivity contribution in [3.05, 3.63) is 29.8 Å². The van der Waals surface area contributed by atoms with Gasteiger partial charge in [0, 0.05) is 5.56 Å². The number of benzene rings is 1. The van der Waals surface area contributed by atoms with Gasteiger partial charge in [-0.3, -0.25) is 9.59 Å². The minimum absolute atomic E-state index is 0.0964. The first-order valence-corrected chi connectivity index (χ1v) is 4.49. The molecule has 5 heteroatoms. The Morgan fingerprint density at radius 2 is 2.20 bits per heavy atom. The quantitative estimate of drug-likeness (QED) is 0.663. The van der Waals surface area contributed by atoms with E-state index in [9.17, 15) is 9.59 Å². The number of nitrogens with one attached hydrogen (secondary N) is 1. The maximum absolute atomic E-state index is 11.2. The molecule has 0 spiro atoms. The molecule has 1 heterocycles. The number of carbonyl (C=O) groups excluding carboxylic acids is 2. The van der Waals surface area contributed by atoms with Crippen molar-refractivity contribution in [3.63, 3.8) is 0 Å². The van der Waals surface area contributed by atoms with Gasteiger partial charge in [-0.2, -0.15) is 0 Å². The second kappa shape index (κ2) is 3.61. The third-order valence-electron chi connectivity index (χ3n) is 2.18. The molecule has 2 rings (SSSR count). The molecule has 0 aliphatic carbocycles. The number of primary amides is 1. The summed E-state index contributed by atoms with van der Waals surface area (Å²) >= 11 is 0. The average molecular weight is 206 g/mol. The topological polar surface area (TPSA) is 81.4 Å². The Kier molecular flexibility index (Phi) is 2.29. The minimum atomic E-state index is -0.809. The van der Waals surface area contributed by atoms with Crippen LogP contribution in [0.2, 0.25) is 0 Å². The van der Waals surface area contributed by atoms with Crippen molar-refractivity contribution in [1.82, 2.24) is 5.32 Å². The number of fused-ring (bicyclic) bond motifs is 1. The highest BCUT2D eigenvalue weighted by molar-refractivity contribution is 5.89. The van der Waals surface area contributed by atoms with Gasteiger partial charge in [0.05, 0.1) is 0 Å². The van der Waals surface area contributed by atoms with Crippen LogP contribution in [-0.4, -0.2) is 18.4 Å². The summed E-state index contributed by atoms with van der Waals surface area (Å²) in [6.45, 7) is -0.0964. The highest BCUT2D eigenvalue weighted by atomic mass is 16.5. The van der Waals surface area contributed by atoms with Crippen LogP contribution < -0.4 is 15.8 Å². The summed E-state index contributed by atoms with van der Waals surface area (Å²) in [7, 11) is 0. The first-order valence-electron chi connectivity index (χ1n) is 4.49. The summed E-state index contributed by atoms with van der Waals surface area (Å²) in [5, 5.41) is 2.50. The molecule has 5 nitrogen and oxygen atoms in total. The fourth-order valence-electron chi connectivity index (χ4n) is 1.50. The van der Waals surface area contributed by atoms with E-state index < -0.39 is 11.9 Å². The van der Waals surface area contributed by atoms with Crippen LogP contribution in [0.5, 0.6) is 5.75 Å². The Bertz CT molecular complexity index is 417. The van der Waals surface area contributed by atoms with E-state index in [1.807, 2.05) is 0 Å². The van der Waals surface area contributed by atoms with E-state index in [0.29, 0.717) is 11.3 Å². The first kappa shape index (κ1) is 9.51. The summed E-state index contributed by atoms with van der Waals surface area (Å²) in [5.41, 5.74) is 5.80. The summed E-state index contributed by atoms with van der Waals surface area (Å²) in [6, 6.07) is 6.13. The van der Waals surface area contributed by atoms with E-state index in [4.69, 9.17) is 10.5 Å². The standard InChI is InChI=1S/C10H10N2O3/c11-10(14)9-6-3-1-2-4-7(6)15-5-8(13)12-9/h1-4,9H,5H2,(H2,11,14)(H,12,13). The number of rotatable bonds is 1. The number of hydrogen-bond donors (Lipinski definition) is 2. The van der Waals surface area contributed by atoms with Crippen LogP contribution in [0.1, 0.15) is 11.6 Å².